The Bertz CT molecular complexity index is 1530. The zero-order chi connectivity index (χ0) is 28.8. The second-order valence-electron chi connectivity index (χ2n) is 8.51. The van der Waals surface area contributed by atoms with E-state index in [2.05, 4.69) is 10.6 Å². The van der Waals surface area contributed by atoms with Gasteiger partial charge in [-0.2, -0.15) is 0 Å². The minimum absolute atomic E-state index is 0.107. The summed E-state index contributed by atoms with van der Waals surface area (Å²) in [6.07, 6.45) is 1.49. The molecule has 12 heteroatoms. The SMILES string of the molecule is COc1cc(/C=C2\SC(=O)N(CC(=O)Nc3ccc(F)c(Cl)c3)C2=O)ccc1OCC(=O)Nc1ccccc1C. The number of anilines is 2. The normalized spacial score (nSPS) is 13.9. The van der Waals surface area contributed by atoms with Crippen LogP contribution in [-0.2, 0) is 14.4 Å². The lowest BCUT2D eigenvalue weighted by Crippen LogP contribution is -2.36. The number of ether oxygens (including phenoxy) is 2. The Morgan fingerprint density at radius 1 is 1.02 bits per heavy atom. The van der Waals surface area contributed by atoms with Gasteiger partial charge in [-0.3, -0.25) is 24.1 Å². The van der Waals surface area contributed by atoms with Crippen LogP contribution in [0.5, 0.6) is 11.5 Å². The lowest BCUT2D eigenvalue weighted by Gasteiger charge is -2.13. The summed E-state index contributed by atoms with van der Waals surface area (Å²) in [4.78, 5) is 50.9. The fraction of sp³-hybridized carbons (Fsp3) is 0.143. The molecule has 0 bridgehead atoms. The molecule has 3 aromatic carbocycles. The summed E-state index contributed by atoms with van der Waals surface area (Å²) in [6.45, 7) is 1.10. The molecule has 0 spiro atoms. The molecule has 9 nitrogen and oxygen atoms in total. The number of imide groups is 1. The van der Waals surface area contributed by atoms with Crippen molar-refractivity contribution in [3.8, 4) is 11.5 Å². The van der Waals surface area contributed by atoms with Crippen LogP contribution in [-0.4, -0.2) is 48.1 Å². The molecule has 1 fully saturated rings. The van der Waals surface area contributed by atoms with E-state index in [9.17, 15) is 23.6 Å². The summed E-state index contributed by atoms with van der Waals surface area (Å²) in [6, 6.07) is 15.8. The second-order valence-corrected chi connectivity index (χ2v) is 9.91. The van der Waals surface area contributed by atoms with Gasteiger partial charge in [0.1, 0.15) is 12.4 Å². The van der Waals surface area contributed by atoms with Gasteiger partial charge < -0.3 is 20.1 Å². The number of methoxy groups -OCH3 is 1. The van der Waals surface area contributed by atoms with Crippen molar-refractivity contribution in [2.45, 2.75) is 6.92 Å². The number of thioether (sulfide) groups is 1. The van der Waals surface area contributed by atoms with Crippen LogP contribution in [0.1, 0.15) is 11.1 Å². The summed E-state index contributed by atoms with van der Waals surface area (Å²) in [7, 11) is 1.43. The van der Waals surface area contributed by atoms with E-state index >= 15 is 0 Å². The van der Waals surface area contributed by atoms with E-state index in [1.54, 1.807) is 24.3 Å². The summed E-state index contributed by atoms with van der Waals surface area (Å²) in [5, 5.41) is 4.47. The standard InChI is InChI=1S/C28H23ClFN3O6S/c1-16-5-3-4-6-21(16)32-26(35)15-39-22-10-7-17(11-23(22)38-2)12-24-27(36)33(28(37)40-24)14-25(34)31-18-8-9-20(30)19(29)13-18/h3-13H,14-15H2,1-2H3,(H,31,34)(H,32,35)/b24-12-. The van der Waals surface area contributed by atoms with Crippen LogP contribution in [0.25, 0.3) is 6.08 Å². The molecule has 0 radical (unpaired) electrons. The van der Waals surface area contributed by atoms with Gasteiger partial charge in [0.05, 0.1) is 17.0 Å². The van der Waals surface area contributed by atoms with E-state index in [1.807, 2.05) is 25.1 Å². The number of carbonyl (C=O) groups is 4. The molecule has 0 atom stereocenters. The van der Waals surface area contributed by atoms with Crippen molar-refractivity contribution in [1.82, 2.24) is 4.90 Å². The van der Waals surface area contributed by atoms with E-state index in [0.717, 1.165) is 16.5 Å². The summed E-state index contributed by atoms with van der Waals surface area (Å²) in [5.74, 6) is -1.66. The number of carbonyl (C=O) groups excluding carboxylic acids is 4. The van der Waals surface area contributed by atoms with Crippen molar-refractivity contribution in [2.24, 2.45) is 0 Å². The van der Waals surface area contributed by atoms with Crippen LogP contribution >= 0.6 is 23.4 Å². The molecule has 1 heterocycles. The predicted molar refractivity (Wildman–Crippen MR) is 151 cm³/mol. The number of halogens is 2. The maximum Gasteiger partial charge on any atom is 0.294 e. The van der Waals surface area contributed by atoms with Crippen LogP contribution in [0, 0.1) is 12.7 Å². The van der Waals surface area contributed by atoms with Gasteiger partial charge in [0.15, 0.2) is 18.1 Å². The maximum absolute atomic E-state index is 13.3. The first-order chi connectivity index (χ1) is 19.1. The molecular formula is C28H23ClFN3O6S. The van der Waals surface area contributed by atoms with E-state index < -0.39 is 29.4 Å². The Labute approximate surface area is 238 Å². The van der Waals surface area contributed by atoms with Gasteiger partial charge in [-0.05, 0) is 72.3 Å². The topological polar surface area (TPSA) is 114 Å². The van der Waals surface area contributed by atoms with Crippen molar-refractivity contribution < 1.29 is 33.0 Å². The second kappa shape index (κ2) is 12.7. The highest BCUT2D eigenvalue weighted by molar-refractivity contribution is 8.18. The molecule has 1 saturated heterocycles. The van der Waals surface area contributed by atoms with Crippen LogP contribution in [0.3, 0.4) is 0 Å². The van der Waals surface area contributed by atoms with E-state index in [4.69, 9.17) is 21.1 Å². The lowest BCUT2D eigenvalue weighted by molar-refractivity contribution is -0.127. The molecule has 0 saturated carbocycles. The van der Waals surface area contributed by atoms with Crippen LogP contribution in [0.15, 0.2) is 65.6 Å². The van der Waals surface area contributed by atoms with Gasteiger partial charge >= 0.3 is 0 Å². The fourth-order valence-electron chi connectivity index (χ4n) is 3.64. The molecule has 3 aromatic rings. The minimum atomic E-state index is -0.652. The highest BCUT2D eigenvalue weighted by Gasteiger charge is 2.36. The first-order valence-corrected chi connectivity index (χ1v) is 13.0. The molecule has 2 N–H and O–H groups in total. The Morgan fingerprint density at radius 3 is 2.52 bits per heavy atom. The lowest BCUT2D eigenvalue weighted by atomic mass is 10.2. The van der Waals surface area contributed by atoms with Crippen molar-refractivity contribution in [1.29, 1.82) is 0 Å². The molecule has 206 valence electrons. The van der Waals surface area contributed by atoms with Crippen LogP contribution in [0.2, 0.25) is 5.02 Å². The summed E-state index contributed by atoms with van der Waals surface area (Å²) >= 11 is 6.40. The Hall–Kier alpha value is -4.35. The highest BCUT2D eigenvalue weighted by atomic mass is 35.5. The largest absolute Gasteiger partial charge is 0.493 e. The highest BCUT2D eigenvalue weighted by Crippen LogP contribution is 2.34. The van der Waals surface area contributed by atoms with Gasteiger partial charge in [-0.15, -0.1) is 0 Å². The van der Waals surface area contributed by atoms with E-state index in [0.29, 0.717) is 34.5 Å². The number of aryl methyl sites for hydroxylation is 1. The molecule has 40 heavy (non-hydrogen) atoms. The zero-order valence-corrected chi connectivity index (χ0v) is 22.9. The summed E-state index contributed by atoms with van der Waals surface area (Å²) in [5.41, 5.74) is 2.36. The average Bonchev–Trinajstić information content (AvgIpc) is 3.18. The molecule has 0 aromatic heterocycles. The smallest absolute Gasteiger partial charge is 0.294 e. The number of nitrogens with zero attached hydrogens (tertiary/aromatic N) is 1. The number of nitrogens with one attached hydrogen (secondary N) is 2. The monoisotopic (exact) mass is 583 g/mol. The average molecular weight is 584 g/mol. The molecule has 4 rings (SSSR count). The van der Waals surface area contributed by atoms with Gasteiger partial charge in [0.2, 0.25) is 5.91 Å². The molecule has 1 aliphatic rings. The molecular weight excluding hydrogens is 561 g/mol. The predicted octanol–water partition coefficient (Wildman–Crippen LogP) is 5.49. The van der Waals surface area contributed by atoms with Crippen molar-refractivity contribution in [2.75, 3.05) is 30.9 Å². The number of hydrogen-bond donors (Lipinski definition) is 2. The number of hydrogen-bond acceptors (Lipinski definition) is 7. The number of amides is 4. The number of rotatable bonds is 9. The van der Waals surface area contributed by atoms with Crippen LogP contribution < -0.4 is 20.1 Å². The fourth-order valence-corrected chi connectivity index (χ4v) is 4.66. The summed E-state index contributed by atoms with van der Waals surface area (Å²) < 4.78 is 24.3. The third kappa shape index (κ3) is 6.99. The molecule has 1 aliphatic heterocycles. The number of para-hydroxylation sites is 1. The third-order valence-corrected chi connectivity index (χ3v) is 6.84. The first kappa shape index (κ1) is 28.7. The molecule has 4 amide bonds. The van der Waals surface area contributed by atoms with Gasteiger partial charge in [0.25, 0.3) is 17.1 Å². The van der Waals surface area contributed by atoms with Gasteiger partial charge in [-0.25, -0.2) is 4.39 Å². The zero-order valence-electron chi connectivity index (χ0n) is 21.3. The van der Waals surface area contributed by atoms with Crippen molar-refractivity contribution in [3.63, 3.8) is 0 Å². The quantitative estimate of drug-likeness (QED) is 0.320. The van der Waals surface area contributed by atoms with Crippen molar-refractivity contribution >= 4 is 63.8 Å². The van der Waals surface area contributed by atoms with Gasteiger partial charge in [-0.1, -0.05) is 35.9 Å². The first-order valence-electron chi connectivity index (χ1n) is 11.8. The van der Waals surface area contributed by atoms with E-state index in [-0.39, 0.29) is 28.1 Å². The Kier molecular flexibility index (Phi) is 9.08. The Balaban J connectivity index is 1.38. The van der Waals surface area contributed by atoms with Crippen molar-refractivity contribution in [3.05, 3.63) is 87.5 Å². The van der Waals surface area contributed by atoms with E-state index in [1.165, 1.54) is 25.3 Å². The molecule has 0 aliphatic carbocycles. The molecule has 0 unspecified atom stereocenters. The Morgan fingerprint density at radius 2 is 1.80 bits per heavy atom. The van der Waals surface area contributed by atoms with Crippen LogP contribution in [0.4, 0.5) is 20.6 Å². The minimum Gasteiger partial charge on any atom is -0.493 e. The number of benzene rings is 3. The third-order valence-electron chi connectivity index (χ3n) is 5.64. The maximum atomic E-state index is 13.3. The van der Waals surface area contributed by atoms with Gasteiger partial charge in [0, 0.05) is 11.4 Å².